The van der Waals surface area contributed by atoms with Gasteiger partial charge in [0.1, 0.15) is 10.7 Å². The van der Waals surface area contributed by atoms with Crippen molar-refractivity contribution in [1.29, 1.82) is 0 Å². The maximum Gasteiger partial charge on any atom is 0.266 e. The van der Waals surface area contributed by atoms with Crippen molar-refractivity contribution < 1.29 is 18.3 Å². The largest absolute Gasteiger partial charge is 0.476 e. The molecule has 1 aliphatic heterocycles. The van der Waals surface area contributed by atoms with E-state index in [4.69, 9.17) is 9.72 Å². The summed E-state index contributed by atoms with van der Waals surface area (Å²) in [6, 6.07) is 9.35. The number of piperazine rings is 1. The monoisotopic (exact) mass is 605 g/mol. The average Bonchev–Trinajstić information content (AvgIpc) is 3.48. The Kier molecular flexibility index (Phi) is 9.12. The number of nitrogens with zero attached hydrogens (tertiary/aromatic N) is 4. The van der Waals surface area contributed by atoms with Gasteiger partial charge in [-0.15, -0.1) is 11.3 Å². The fraction of sp³-hybridized carbons (Fsp3) is 0.312. The number of aromatic nitrogens is 3. The number of halogens is 2. The minimum Gasteiger partial charge on any atom is -0.476 e. The number of allylic oxidation sites excluding steroid dienone is 1. The van der Waals surface area contributed by atoms with Gasteiger partial charge in [-0.2, -0.15) is 0 Å². The predicted molar refractivity (Wildman–Crippen MR) is 165 cm³/mol. The third kappa shape index (κ3) is 6.42. The highest BCUT2D eigenvalue weighted by Crippen LogP contribution is 2.32. The number of hydrogen-bond acceptors (Lipinski definition) is 7. The molecule has 5 rings (SSSR count). The van der Waals surface area contributed by atoms with Crippen molar-refractivity contribution >= 4 is 23.3 Å². The minimum absolute atomic E-state index is 0.0788. The number of nitrogens with one attached hydrogen (secondary N) is 1. The molecule has 1 fully saturated rings. The second-order valence-corrected chi connectivity index (χ2v) is 11.4. The molecule has 1 aliphatic rings. The van der Waals surface area contributed by atoms with Gasteiger partial charge in [-0.1, -0.05) is 29.8 Å². The molecule has 0 spiro atoms. The molecule has 1 aromatic carbocycles. The smallest absolute Gasteiger partial charge is 0.266 e. The molecule has 3 aromatic heterocycles. The minimum atomic E-state index is -2.57. The highest BCUT2D eigenvalue weighted by Gasteiger charge is 2.27. The molecule has 1 N–H and O–H groups in total. The summed E-state index contributed by atoms with van der Waals surface area (Å²) in [7, 11) is 0. The Morgan fingerprint density at radius 2 is 1.88 bits per heavy atom. The molecule has 0 unspecified atom stereocenters. The number of rotatable bonds is 8. The van der Waals surface area contributed by atoms with Gasteiger partial charge in [0.25, 0.3) is 17.9 Å². The Labute approximate surface area is 252 Å². The summed E-state index contributed by atoms with van der Waals surface area (Å²) in [4.78, 5) is 39.5. The Hall–Kier alpha value is -4.22. The van der Waals surface area contributed by atoms with Crippen LogP contribution in [0.5, 0.6) is 5.88 Å². The number of amides is 1. The van der Waals surface area contributed by atoms with Crippen molar-refractivity contribution in [2.75, 3.05) is 32.8 Å². The van der Waals surface area contributed by atoms with E-state index in [2.05, 4.69) is 10.3 Å². The van der Waals surface area contributed by atoms with Crippen LogP contribution in [0, 0.1) is 6.92 Å². The van der Waals surface area contributed by atoms with Crippen LogP contribution in [0.4, 0.5) is 8.78 Å². The summed E-state index contributed by atoms with van der Waals surface area (Å²) in [5.41, 5.74) is 3.91. The van der Waals surface area contributed by atoms with E-state index >= 15 is 0 Å². The van der Waals surface area contributed by atoms with Gasteiger partial charge >= 0.3 is 0 Å². The molecule has 1 amide bonds. The normalized spacial score (nSPS) is 13.3. The van der Waals surface area contributed by atoms with Crippen molar-refractivity contribution in [1.82, 2.24) is 24.8 Å². The molecular formula is C32H33F2N5O3S. The maximum absolute atomic E-state index is 14.5. The van der Waals surface area contributed by atoms with E-state index in [1.807, 2.05) is 39.8 Å². The summed E-state index contributed by atoms with van der Waals surface area (Å²) in [6.45, 7) is 10.3. The van der Waals surface area contributed by atoms with Crippen LogP contribution in [-0.4, -0.2) is 58.1 Å². The third-order valence-electron chi connectivity index (χ3n) is 6.98. The van der Waals surface area contributed by atoms with Crippen molar-refractivity contribution in [2.45, 2.75) is 34.1 Å². The summed E-state index contributed by atoms with van der Waals surface area (Å²) < 4.78 is 33.5. The maximum atomic E-state index is 14.5. The molecule has 8 nitrogen and oxygen atoms in total. The highest BCUT2D eigenvalue weighted by molar-refractivity contribution is 7.13. The number of carbonyl (C=O) groups excluding carboxylic acids is 1. The molecular weight excluding hydrogens is 572 g/mol. The molecule has 224 valence electrons. The summed E-state index contributed by atoms with van der Waals surface area (Å²) in [5.74, 6) is 0.0808. The van der Waals surface area contributed by atoms with Crippen LogP contribution in [0.25, 0.3) is 33.6 Å². The topological polar surface area (TPSA) is 89.3 Å². The second kappa shape index (κ2) is 13.0. The number of aryl methyl sites for hydroxylation is 1. The molecule has 1 saturated heterocycles. The van der Waals surface area contributed by atoms with E-state index in [9.17, 15) is 18.4 Å². The molecule has 4 heterocycles. The Balaban J connectivity index is 1.76. The summed E-state index contributed by atoms with van der Waals surface area (Å²) >= 11 is 1.25. The molecule has 0 aliphatic carbocycles. The van der Waals surface area contributed by atoms with Crippen LogP contribution in [0.2, 0.25) is 0 Å². The zero-order valence-electron chi connectivity index (χ0n) is 24.5. The number of benzene rings is 1. The van der Waals surface area contributed by atoms with E-state index < -0.39 is 6.43 Å². The van der Waals surface area contributed by atoms with Crippen molar-refractivity contribution in [3.63, 3.8) is 0 Å². The van der Waals surface area contributed by atoms with Gasteiger partial charge in [0.2, 0.25) is 5.88 Å². The zero-order valence-corrected chi connectivity index (χ0v) is 25.3. The SMILES string of the molecule is CCOc1ncc(C)cc1-n1c(C=C(C)C)c(C(=O)N2CCNCC2)cc(-c2nc(-c3ccc(C(F)F)cc3)cs2)c1=O. The third-order valence-corrected chi connectivity index (χ3v) is 7.86. The second-order valence-electron chi connectivity index (χ2n) is 10.5. The molecule has 43 heavy (non-hydrogen) atoms. The Morgan fingerprint density at radius 1 is 1.16 bits per heavy atom. The first-order valence-electron chi connectivity index (χ1n) is 14.1. The lowest BCUT2D eigenvalue weighted by molar-refractivity contribution is 0.0735. The van der Waals surface area contributed by atoms with Crippen LogP contribution in [0.3, 0.4) is 0 Å². The Bertz CT molecular complexity index is 1720. The van der Waals surface area contributed by atoms with Gasteiger partial charge in [0.05, 0.1) is 29.1 Å². The van der Waals surface area contributed by atoms with Crippen molar-refractivity contribution in [3.05, 3.63) is 86.3 Å². The van der Waals surface area contributed by atoms with Crippen LogP contribution >= 0.6 is 11.3 Å². The molecule has 0 radical (unpaired) electrons. The highest BCUT2D eigenvalue weighted by atomic mass is 32.1. The van der Waals surface area contributed by atoms with Crippen LogP contribution in [0.15, 0.2) is 58.3 Å². The first kappa shape index (κ1) is 30.2. The van der Waals surface area contributed by atoms with Crippen LogP contribution < -0.4 is 15.6 Å². The van der Waals surface area contributed by atoms with Gasteiger partial charge < -0.3 is 15.0 Å². The number of thiazole rings is 1. The van der Waals surface area contributed by atoms with Gasteiger partial charge in [0, 0.05) is 48.9 Å². The molecule has 11 heteroatoms. The molecule has 0 saturated carbocycles. The quantitative estimate of drug-likeness (QED) is 0.260. The van der Waals surface area contributed by atoms with Gasteiger partial charge in [-0.25, -0.2) is 18.7 Å². The summed E-state index contributed by atoms with van der Waals surface area (Å²) in [5, 5.41) is 5.45. The van der Waals surface area contributed by atoms with Crippen molar-refractivity contribution in [3.8, 4) is 33.4 Å². The first-order chi connectivity index (χ1) is 20.7. The lowest BCUT2D eigenvalue weighted by atomic mass is 10.0. The fourth-order valence-corrected chi connectivity index (χ4v) is 5.76. The summed E-state index contributed by atoms with van der Waals surface area (Å²) in [6.07, 6.45) is 0.932. The number of pyridine rings is 2. The van der Waals surface area contributed by atoms with Gasteiger partial charge in [0.15, 0.2) is 0 Å². The molecule has 0 bridgehead atoms. The molecule has 0 atom stereocenters. The number of ether oxygens (including phenoxy) is 1. The van der Waals surface area contributed by atoms with E-state index in [1.54, 1.807) is 34.7 Å². The standard InChI is InChI=1S/C32H33F2N5O3S/c1-5-42-29-27(15-20(4)17-36-29)39-26(14-19(2)3)23(31(40)38-12-10-35-11-13-38)16-24(32(39)41)30-37-25(18-43-30)21-6-8-22(9-7-21)28(33)34/h6-9,14-18,28,35H,5,10-13H2,1-4H3. The lowest BCUT2D eigenvalue weighted by Crippen LogP contribution is -2.47. The van der Waals surface area contributed by atoms with E-state index in [-0.39, 0.29) is 28.5 Å². The average molecular weight is 606 g/mol. The lowest BCUT2D eigenvalue weighted by Gasteiger charge is -2.29. The van der Waals surface area contributed by atoms with Gasteiger partial charge in [-0.05, 0) is 51.5 Å². The van der Waals surface area contributed by atoms with Crippen LogP contribution in [0.1, 0.15) is 54.4 Å². The van der Waals surface area contributed by atoms with E-state index in [0.717, 1.165) is 11.1 Å². The van der Waals surface area contributed by atoms with Gasteiger partial charge in [-0.3, -0.25) is 14.2 Å². The van der Waals surface area contributed by atoms with Crippen LogP contribution in [-0.2, 0) is 0 Å². The van der Waals surface area contributed by atoms with E-state index in [0.29, 0.717) is 66.0 Å². The van der Waals surface area contributed by atoms with Crippen molar-refractivity contribution in [2.24, 2.45) is 0 Å². The first-order valence-corrected chi connectivity index (χ1v) is 14.9. The van der Waals surface area contributed by atoms with E-state index in [1.165, 1.54) is 28.0 Å². The number of carbonyl (C=O) groups is 1. The number of alkyl halides is 2. The predicted octanol–water partition coefficient (Wildman–Crippen LogP) is 6.14. The zero-order chi connectivity index (χ0) is 30.7. The number of hydrogen-bond donors (Lipinski definition) is 1. The Morgan fingerprint density at radius 3 is 2.53 bits per heavy atom. The molecule has 4 aromatic rings. The fourth-order valence-electron chi connectivity index (χ4n) is 4.93.